The molecule has 1 saturated heterocycles. The van der Waals surface area contributed by atoms with Crippen molar-refractivity contribution < 1.29 is 9.53 Å². The number of rotatable bonds is 1. The average molecular weight is 361 g/mol. The van der Waals surface area contributed by atoms with Gasteiger partial charge in [-0.1, -0.05) is 25.4 Å². The monoisotopic (exact) mass is 360 g/mol. The summed E-state index contributed by atoms with van der Waals surface area (Å²) in [5.74, 6) is 1.68. The number of nitrogens with two attached hydrogens (primary N) is 3. The number of carbonyl (C=O) groups is 1. The van der Waals surface area contributed by atoms with Crippen LogP contribution >= 0.6 is 11.6 Å². The molecule has 6 nitrogen and oxygen atoms in total. The third-order valence-corrected chi connectivity index (χ3v) is 3.94. The summed E-state index contributed by atoms with van der Waals surface area (Å²) in [5.41, 5.74) is 14.7. The molecular weight excluding hydrogens is 328 g/mol. The van der Waals surface area contributed by atoms with Crippen LogP contribution in [0, 0.1) is 11.8 Å². The molecule has 2 rings (SSSR count). The Bertz CT molecular complexity index is 436. The fourth-order valence-corrected chi connectivity index (χ4v) is 2.95. The number of fused-ring (bicyclic) bond motifs is 1. The van der Waals surface area contributed by atoms with Crippen LogP contribution in [0.25, 0.3) is 0 Å². The van der Waals surface area contributed by atoms with E-state index in [-0.39, 0.29) is 30.1 Å². The number of carbonyl (C=O) groups excluding carboxylic acids is 1. The fraction of sp³-hybridized carbons (Fsp3) is 0.706. The normalized spacial score (nSPS) is 22.7. The van der Waals surface area contributed by atoms with Crippen molar-refractivity contribution in [3.05, 3.63) is 23.1 Å². The largest absolute Gasteiger partial charge is 0.444 e. The molecule has 140 valence electrons. The lowest BCUT2D eigenvalue weighted by atomic mass is 10.0. The van der Waals surface area contributed by atoms with Crippen LogP contribution in [0.4, 0.5) is 4.79 Å². The summed E-state index contributed by atoms with van der Waals surface area (Å²) in [6, 6.07) is 0. The van der Waals surface area contributed by atoms with Crippen LogP contribution in [0.1, 0.15) is 47.5 Å². The Morgan fingerprint density at radius 3 is 1.96 bits per heavy atom. The number of nitrogens with zero attached hydrogens (tertiary/aromatic N) is 1. The van der Waals surface area contributed by atoms with Crippen molar-refractivity contribution in [2.75, 3.05) is 13.1 Å². The van der Waals surface area contributed by atoms with E-state index in [0.29, 0.717) is 0 Å². The molecule has 1 amide bonds. The molecule has 2 fully saturated rings. The van der Waals surface area contributed by atoms with Gasteiger partial charge >= 0.3 is 6.09 Å². The third-order valence-electron chi connectivity index (χ3n) is 3.81. The summed E-state index contributed by atoms with van der Waals surface area (Å²) in [4.78, 5) is 13.7. The molecule has 1 saturated carbocycles. The summed E-state index contributed by atoms with van der Waals surface area (Å²) in [7, 11) is 0. The molecule has 0 aromatic rings. The molecule has 1 aliphatic carbocycles. The maximum atomic E-state index is 11.8. The highest BCUT2D eigenvalue weighted by Gasteiger charge is 2.39. The third kappa shape index (κ3) is 8.34. The first-order valence-electron chi connectivity index (χ1n) is 7.90. The van der Waals surface area contributed by atoms with Crippen molar-refractivity contribution in [3.8, 4) is 0 Å². The highest BCUT2D eigenvalue weighted by Crippen LogP contribution is 2.38. The zero-order chi connectivity index (χ0) is 17.6. The van der Waals surface area contributed by atoms with E-state index in [0.717, 1.165) is 24.9 Å². The maximum Gasteiger partial charge on any atom is 0.410 e. The van der Waals surface area contributed by atoms with Gasteiger partial charge in [-0.2, -0.15) is 0 Å². The minimum Gasteiger partial charge on any atom is -0.444 e. The van der Waals surface area contributed by atoms with Gasteiger partial charge in [0.25, 0.3) is 0 Å². The zero-order valence-corrected chi connectivity index (χ0v) is 15.0. The lowest BCUT2D eigenvalue weighted by Crippen LogP contribution is -2.35. The van der Waals surface area contributed by atoms with E-state index in [1.165, 1.54) is 31.4 Å². The van der Waals surface area contributed by atoms with Crippen LogP contribution in [-0.2, 0) is 4.74 Å². The Labute approximate surface area is 151 Å². The lowest BCUT2D eigenvalue weighted by molar-refractivity contribution is 0.0280. The summed E-state index contributed by atoms with van der Waals surface area (Å²) < 4.78 is 5.37. The summed E-state index contributed by atoms with van der Waals surface area (Å²) >= 11 is 5.21. The first-order chi connectivity index (χ1) is 10.6. The van der Waals surface area contributed by atoms with E-state index in [2.05, 4.69) is 0 Å². The molecule has 24 heavy (non-hydrogen) atoms. The standard InChI is InChI=1S/C12H21NO2.C4H8ClN3.CH4/c1-12(2,3)15-11(14)13-7-9-5-4-6-10(9)8-13;5-3(6)1-2-4(7)8;/h9-10H,4-8H2,1-3H3;1-2H,6-8H2;1H4/b;3-1-;. The quantitative estimate of drug-likeness (QED) is 0.492. The van der Waals surface area contributed by atoms with E-state index < -0.39 is 0 Å². The van der Waals surface area contributed by atoms with Crippen LogP contribution in [0.2, 0.25) is 0 Å². The van der Waals surface area contributed by atoms with E-state index >= 15 is 0 Å². The van der Waals surface area contributed by atoms with Gasteiger partial charge < -0.3 is 26.8 Å². The number of allylic oxidation sites excluding steroid dienone is 2. The van der Waals surface area contributed by atoms with Crippen molar-refractivity contribution in [3.63, 3.8) is 0 Å². The molecule has 2 atom stereocenters. The predicted octanol–water partition coefficient (Wildman–Crippen LogP) is 3.07. The van der Waals surface area contributed by atoms with Crippen molar-refractivity contribution >= 4 is 17.7 Å². The number of hydrogen-bond acceptors (Lipinski definition) is 5. The molecule has 0 radical (unpaired) electrons. The molecule has 1 heterocycles. The maximum absolute atomic E-state index is 11.8. The second-order valence-electron chi connectivity index (χ2n) is 7.05. The number of likely N-dealkylation sites (tertiary alicyclic amines) is 1. The van der Waals surface area contributed by atoms with Crippen LogP contribution in [0.15, 0.2) is 23.1 Å². The van der Waals surface area contributed by atoms with Gasteiger partial charge in [-0.15, -0.1) is 0 Å². The number of amides is 1. The van der Waals surface area contributed by atoms with Crippen LogP contribution in [0.3, 0.4) is 0 Å². The molecule has 2 aliphatic rings. The molecule has 0 aromatic heterocycles. The zero-order valence-electron chi connectivity index (χ0n) is 14.2. The van der Waals surface area contributed by atoms with Gasteiger partial charge in [0.2, 0.25) is 0 Å². The van der Waals surface area contributed by atoms with Gasteiger partial charge in [0.1, 0.15) is 5.60 Å². The van der Waals surface area contributed by atoms with Gasteiger partial charge in [-0.25, -0.2) is 4.79 Å². The topological polar surface area (TPSA) is 108 Å². The Morgan fingerprint density at radius 2 is 1.62 bits per heavy atom. The van der Waals surface area contributed by atoms with Gasteiger partial charge in [0, 0.05) is 13.1 Å². The van der Waals surface area contributed by atoms with Gasteiger partial charge in [0.15, 0.2) is 0 Å². The second-order valence-corrected chi connectivity index (χ2v) is 7.49. The van der Waals surface area contributed by atoms with Gasteiger partial charge in [-0.3, -0.25) is 0 Å². The van der Waals surface area contributed by atoms with Gasteiger partial charge in [0.05, 0.1) is 11.0 Å². The molecule has 1 aliphatic heterocycles. The number of halogens is 1. The molecule has 7 heteroatoms. The minimum atomic E-state index is -0.366. The fourth-order valence-electron chi connectivity index (χ4n) is 2.89. The first-order valence-corrected chi connectivity index (χ1v) is 8.28. The van der Waals surface area contributed by atoms with E-state index in [4.69, 9.17) is 33.5 Å². The number of hydrogen-bond donors (Lipinski definition) is 3. The Kier molecular flexibility index (Phi) is 9.04. The predicted molar refractivity (Wildman–Crippen MR) is 100.0 cm³/mol. The van der Waals surface area contributed by atoms with Crippen LogP contribution in [0.5, 0.6) is 0 Å². The van der Waals surface area contributed by atoms with E-state index in [1.54, 1.807) is 0 Å². The highest BCUT2D eigenvalue weighted by atomic mass is 35.5. The average Bonchev–Trinajstić information content (AvgIpc) is 2.95. The summed E-state index contributed by atoms with van der Waals surface area (Å²) in [6.07, 6.45) is 6.64. The van der Waals surface area contributed by atoms with Crippen molar-refractivity contribution in [1.29, 1.82) is 0 Å². The van der Waals surface area contributed by atoms with Crippen LogP contribution < -0.4 is 17.2 Å². The molecule has 2 unspecified atom stereocenters. The van der Waals surface area contributed by atoms with E-state index in [1.807, 2.05) is 25.7 Å². The summed E-state index contributed by atoms with van der Waals surface area (Å²) in [6.45, 7) is 7.59. The van der Waals surface area contributed by atoms with Crippen molar-refractivity contribution in [1.82, 2.24) is 4.90 Å². The van der Waals surface area contributed by atoms with Crippen LogP contribution in [-0.4, -0.2) is 29.7 Å². The highest BCUT2D eigenvalue weighted by molar-refractivity contribution is 6.29. The molecule has 0 spiro atoms. The van der Waals surface area contributed by atoms with E-state index in [9.17, 15) is 4.79 Å². The van der Waals surface area contributed by atoms with Crippen molar-refractivity contribution in [2.24, 2.45) is 29.0 Å². The Morgan fingerprint density at radius 1 is 1.12 bits per heavy atom. The molecule has 0 bridgehead atoms. The minimum absolute atomic E-state index is 0. The Balaban J connectivity index is 0.000000510. The van der Waals surface area contributed by atoms with Crippen molar-refractivity contribution in [2.45, 2.75) is 53.1 Å². The lowest BCUT2D eigenvalue weighted by Gasteiger charge is -2.24. The smallest absolute Gasteiger partial charge is 0.410 e. The Hall–Kier alpha value is -1.56. The summed E-state index contributed by atoms with van der Waals surface area (Å²) in [5, 5.41) is 0.165. The second kappa shape index (κ2) is 9.67. The number of ether oxygens (including phenoxy) is 1. The molecule has 0 aromatic carbocycles. The molecular formula is C17H33ClN4O2. The van der Waals surface area contributed by atoms with Gasteiger partial charge in [-0.05, 0) is 57.6 Å². The SMILES string of the molecule is C.CC(C)(C)OC(=O)N1CC2CCCC2C1.NC(N)=C/C=C(\N)Cl. The molecule has 6 N–H and O–H groups in total. The first kappa shape index (κ1) is 22.4.